The number of amides is 1. The number of hydrogen-bond donors (Lipinski definition) is 2. The Kier molecular flexibility index (Phi) is 4.17. The Morgan fingerprint density at radius 1 is 1.43 bits per heavy atom. The van der Waals surface area contributed by atoms with Crippen LogP contribution in [0.25, 0.3) is 6.08 Å². The van der Waals surface area contributed by atoms with E-state index in [1.165, 1.54) is 17.0 Å². The van der Waals surface area contributed by atoms with Gasteiger partial charge in [-0.1, -0.05) is 0 Å². The van der Waals surface area contributed by atoms with Crippen LogP contribution in [0.1, 0.15) is 23.0 Å². The van der Waals surface area contributed by atoms with Gasteiger partial charge in [0.25, 0.3) is 0 Å². The molecule has 0 aliphatic rings. The number of carboxylic acids is 1. The van der Waals surface area contributed by atoms with Crippen LogP contribution in [-0.2, 0) is 18.4 Å². The lowest BCUT2D eigenvalue weighted by Gasteiger charge is -1.98. The van der Waals surface area contributed by atoms with E-state index in [4.69, 9.17) is 5.11 Å². The van der Waals surface area contributed by atoms with Gasteiger partial charge in [-0.15, -0.1) is 0 Å². The second-order valence-electron chi connectivity index (χ2n) is 4.32. The fraction of sp³-hybridized carbons (Fsp3) is 0.231. The number of rotatable bonds is 5. The van der Waals surface area contributed by atoms with Gasteiger partial charge in [-0.25, -0.2) is 4.79 Å². The van der Waals surface area contributed by atoms with E-state index in [1.807, 2.05) is 6.92 Å². The number of carbonyl (C=O) groups excluding carboxylic acids is 1. The van der Waals surface area contributed by atoms with Crippen LogP contribution in [0.15, 0.2) is 24.7 Å². The van der Waals surface area contributed by atoms with Crippen molar-refractivity contribution in [2.24, 2.45) is 7.05 Å². The van der Waals surface area contributed by atoms with Gasteiger partial charge >= 0.3 is 5.97 Å². The molecule has 0 aliphatic carbocycles. The van der Waals surface area contributed by atoms with Crippen molar-refractivity contribution in [1.29, 1.82) is 0 Å². The van der Waals surface area contributed by atoms with Crippen molar-refractivity contribution in [3.63, 3.8) is 0 Å². The summed E-state index contributed by atoms with van der Waals surface area (Å²) in [6, 6.07) is 0. The minimum Gasteiger partial charge on any atom is -0.476 e. The van der Waals surface area contributed by atoms with Gasteiger partial charge in [0.2, 0.25) is 5.91 Å². The van der Waals surface area contributed by atoms with E-state index in [0.29, 0.717) is 0 Å². The number of anilines is 1. The summed E-state index contributed by atoms with van der Waals surface area (Å²) in [6.07, 6.45) is 7.79. The lowest BCUT2D eigenvalue weighted by molar-refractivity contribution is -0.111. The van der Waals surface area contributed by atoms with E-state index in [1.54, 1.807) is 30.2 Å². The second kappa shape index (κ2) is 6.04. The molecule has 2 aromatic rings. The Labute approximate surface area is 120 Å². The first kappa shape index (κ1) is 14.5. The third-order valence-corrected chi connectivity index (χ3v) is 2.69. The number of carbonyl (C=O) groups is 2. The highest BCUT2D eigenvalue weighted by atomic mass is 16.4. The molecule has 2 rings (SSSR count). The van der Waals surface area contributed by atoms with Crippen molar-refractivity contribution in [2.75, 3.05) is 5.32 Å². The molecule has 0 aromatic carbocycles. The van der Waals surface area contributed by atoms with Crippen molar-refractivity contribution < 1.29 is 14.7 Å². The zero-order valence-corrected chi connectivity index (χ0v) is 11.6. The van der Waals surface area contributed by atoms with Crippen molar-refractivity contribution >= 4 is 23.6 Å². The maximum absolute atomic E-state index is 11.8. The summed E-state index contributed by atoms with van der Waals surface area (Å²) in [4.78, 5) is 22.8. The normalized spacial score (nSPS) is 11.0. The first-order chi connectivity index (χ1) is 9.99. The molecule has 0 atom stereocenters. The summed E-state index contributed by atoms with van der Waals surface area (Å²) in [5.74, 6) is -1.63. The van der Waals surface area contributed by atoms with Crippen LogP contribution in [-0.4, -0.2) is 36.5 Å². The third kappa shape index (κ3) is 3.56. The molecule has 21 heavy (non-hydrogen) atoms. The molecule has 2 aromatic heterocycles. The third-order valence-electron chi connectivity index (χ3n) is 2.69. The number of hydrogen-bond acceptors (Lipinski definition) is 4. The number of aromatic nitrogens is 4. The fourth-order valence-electron chi connectivity index (χ4n) is 1.72. The van der Waals surface area contributed by atoms with Crippen LogP contribution in [0, 0.1) is 0 Å². The molecule has 8 heteroatoms. The van der Waals surface area contributed by atoms with E-state index in [2.05, 4.69) is 15.5 Å². The summed E-state index contributed by atoms with van der Waals surface area (Å²) in [5.41, 5.74) is 0.749. The molecule has 0 aliphatic heterocycles. The van der Waals surface area contributed by atoms with Crippen LogP contribution >= 0.6 is 0 Å². The highest BCUT2D eigenvalue weighted by Gasteiger charge is 2.15. The highest BCUT2D eigenvalue weighted by molar-refractivity contribution is 6.05. The summed E-state index contributed by atoms with van der Waals surface area (Å²) >= 11 is 0. The predicted molar refractivity (Wildman–Crippen MR) is 75.7 cm³/mol. The summed E-state index contributed by atoms with van der Waals surface area (Å²) < 4.78 is 3.06. The van der Waals surface area contributed by atoms with Gasteiger partial charge in [0.1, 0.15) is 0 Å². The quantitative estimate of drug-likeness (QED) is 0.799. The zero-order chi connectivity index (χ0) is 15.4. The van der Waals surface area contributed by atoms with Crippen LogP contribution < -0.4 is 5.32 Å². The Morgan fingerprint density at radius 3 is 2.81 bits per heavy atom. The molecule has 2 N–H and O–H groups in total. The SMILES string of the molecule is CCn1cc(/C=C/C(=O)Nc2cn(C)nc2C(=O)O)cn1. The number of aryl methyl sites for hydroxylation is 2. The summed E-state index contributed by atoms with van der Waals surface area (Å²) in [6.45, 7) is 2.71. The van der Waals surface area contributed by atoms with Gasteiger partial charge in [0.05, 0.1) is 11.9 Å². The van der Waals surface area contributed by atoms with Gasteiger partial charge in [-0.3, -0.25) is 14.2 Å². The maximum Gasteiger partial charge on any atom is 0.358 e. The van der Waals surface area contributed by atoms with E-state index < -0.39 is 11.9 Å². The van der Waals surface area contributed by atoms with Crippen molar-refractivity contribution in [3.05, 3.63) is 35.9 Å². The van der Waals surface area contributed by atoms with Crippen molar-refractivity contribution in [2.45, 2.75) is 13.5 Å². The zero-order valence-electron chi connectivity index (χ0n) is 11.6. The molecular formula is C13H15N5O3. The monoisotopic (exact) mass is 289 g/mol. The van der Waals surface area contributed by atoms with Crippen molar-refractivity contribution in [1.82, 2.24) is 19.6 Å². The van der Waals surface area contributed by atoms with Crippen LogP contribution in [0.5, 0.6) is 0 Å². The van der Waals surface area contributed by atoms with Crippen molar-refractivity contribution in [3.8, 4) is 0 Å². The second-order valence-corrected chi connectivity index (χ2v) is 4.32. The number of aromatic carboxylic acids is 1. The molecule has 0 bridgehead atoms. The number of carboxylic acid groups (broad SMARTS) is 1. The van der Waals surface area contributed by atoms with E-state index in [9.17, 15) is 9.59 Å². The molecule has 0 saturated heterocycles. The minimum absolute atomic E-state index is 0.156. The van der Waals surface area contributed by atoms with Gasteiger partial charge in [-0.2, -0.15) is 10.2 Å². The van der Waals surface area contributed by atoms with E-state index in [-0.39, 0.29) is 11.4 Å². The minimum atomic E-state index is -1.20. The Morgan fingerprint density at radius 2 is 2.19 bits per heavy atom. The smallest absolute Gasteiger partial charge is 0.358 e. The average molecular weight is 289 g/mol. The molecule has 1 amide bonds. The molecule has 0 radical (unpaired) electrons. The Bertz CT molecular complexity index is 698. The molecule has 110 valence electrons. The molecule has 0 unspecified atom stereocenters. The Hall–Kier alpha value is -2.90. The molecule has 0 spiro atoms. The predicted octanol–water partition coefficient (Wildman–Crippen LogP) is 0.987. The van der Waals surface area contributed by atoms with E-state index >= 15 is 0 Å². The molecule has 2 heterocycles. The van der Waals surface area contributed by atoms with Gasteiger partial charge in [0, 0.05) is 37.6 Å². The largest absolute Gasteiger partial charge is 0.476 e. The lowest BCUT2D eigenvalue weighted by atomic mass is 10.3. The highest BCUT2D eigenvalue weighted by Crippen LogP contribution is 2.13. The number of nitrogens with one attached hydrogen (secondary N) is 1. The van der Waals surface area contributed by atoms with Gasteiger partial charge in [0.15, 0.2) is 5.69 Å². The summed E-state index contributed by atoms with van der Waals surface area (Å²) in [7, 11) is 1.58. The first-order valence-corrected chi connectivity index (χ1v) is 6.28. The molecular weight excluding hydrogens is 274 g/mol. The number of nitrogens with zero attached hydrogens (tertiary/aromatic N) is 4. The lowest BCUT2D eigenvalue weighted by Crippen LogP contribution is -2.10. The van der Waals surface area contributed by atoms with Crippen LogP contribution in [0.2, 0.25) is 0 Å². The van der Waals surface area contributed by atoms with Crippen LogP contribution in [0.4, 0.5) is 5.69 Å². The Balaban J connectivity index is 2.06. The molecule has 0 saturated carbocycles. The summed E-state index contributed by atoms with van der Waals surface area (Å²) in [5, 5.41) is 19.3. The standard InChI is InChI=1S/C13H15N5O3/c1-3-18-7-9(6-14-18)4-5-11(19)15-10-8-17(2)16-12(10)13(20)21/h4-8H,3H2,1-2H3,(H,15,19)(H,20,21)/b5-4+. The van der Waals surface area contributed by atoms with Crippen LogP contribution in [0.3, 0.4) is 0 Å². The average Bonchev–Trinajstić information content (AvgIpc) is 3.03. The fourth-order valence-corrected chi connectivity index (χ4v) is 1.72. The topological polar surface area (TPSA) is 102 Å². The molecule has 0 fully saturated rings. The van der Waals surface area contributed by atoms with E-state index in [0.717, 1.165) is 12.1 Å². The molecule has 8 nitrogen and oxygen atoms in total. The van der Waals surface area contributed by atoms with Gasteiger partial charge in [-0.05, 0) is 13.0 Å². The maximum atomic E-state index is 11.8. The first-order valence-electron chi connectivity index (χ1n) is 6.28. The van der Waals surface area contributed by atoms with Gasteiger partial charge < -0.3 is 10.4 Å².